The fraction of sp³-hybridized carbons (Fsp3) is 0. The summed E-state index contributed by atoms with van der Waals surface area (Å²) in [6, 6.07) is 174. The lowest BCUT2D eigenvalue weighted by atomic mass is 10.0. The standard InChI is InChI=1S/3C36H27N/c1-4-13-28(14-5-1)31-19-10-22-34(25-31)37(35-23-11-20-32(26-35)29-15-6-2-7-16-29)36-24-12-21-33(27-36)30-17-8-3-9-18-30;1-4-12-28(13-5-1)31-22-24-34(25-23-31)37(35-20-10-18-32(26-35)29-14-6-2-7-15-29)36-21-11-19-33(27-36)30-16-8-3-9-17-30;1-4-12-28(13-5-1)30-20-24-33(25-21-30)37(34-26-22-31(23-27-34)29-14-6-2-7-15-29)36-19-11-10-18-35(36)32-16-8-3-9-17-32/h3*1-27H. The molecular weight excluding hydrogens is 1340 g/mol. The smallest absolute Gasteiger partial charge is 0.0540 e. The summed E-state index contributed by atoms with van der Waals surface area (Å²) in [7, 11) is 0. The third-order valence-corrected chi connectivity index (χ3v) is 20.0. The Morgan fingerprint density at radius 3 is 0.514 bits per heavy atom. The van der Waals surface area contributed by atoms with Crippen LogP contribution in [0.2, 0.25) is 0 Å². The Morgan fingerprint density at radius 1 is 0.0991 bits per heavy atom. The van der Waals surface area contributed by atoms with Gasteiger partial charge in [0.2, 0.25) is 0 Å². The molecule has 0 saturated heterocycles. The van der Waals surface area contributed by atoms with E-state index in [9.17, 15) is 0 Å². The zero-order valence-corrected chi connectivity index (χ0v) is 61.6. The van der Waals surface area contributed by atoms with Gasteiger partial charge in [0.15, 0.2) is 0 Å². The van der Waals surface area contributed by atoms with E-state index in [1.165, 1.54) is 100 Å². The molecule has 0 radical (unpaired) electrons. The Labute approximate surface area is 653 Å². The highest BCUT2D eigenvalue weighted by molar-refractivity contribution is 5.90. The molecule has 18 rings (SSSR count). The molecule has 0 saturated carbocycles. The SMILES string of the molecule is c1ccc(-c2ccc(N(c3ccc(-c4ccccc4)cc3)c3ccccc3-c3ccccc3)cc2)cc1.c1ccc(-c2ccc(N(c3cccc(-c4ccccc4)c3)c3cccc(-c4ccccc4)c3)cc2)cc1.c1ccc(-c2cccc(N(c3cccc(-c4ccccc4)c3)c3cccc(-c4ccccc4)c3)c2)cc1. The molecule has 0 bridgehead atoms. The van der Waals surface area contributed by atoms with E-state index >= 15 is 0 Å². The average Bonchev–Trinajstić information content (AvgIpc) is 0.790. The Hall–Kier alpha value is -14.6. The van der Waals surface area contributed by atoms with Crippen LogP contribution in [0.1, 0.15) is 0 Å². The van der Waals surface area contributed by atoms with Crippen LogP contribution < -0.4 is 14.7 Å². The Kier molecular flexibility index (Phi) is 22.1. The minimum atomic E-state index is 1.12. The summed E-state index contributed by atoms with van der Waals surface area (Å²) in [4.78, 5) is 7.05. The predicted octanol–water partition coefficient (Wildman–Crippen LogP) is 30.5. The fourth-order valence-corrected chi connectivity index (χ4v) is 14.4. The molecule has 0 fully saturated rings. The number of benzene rings is 18. The fourth-order valence-electron chi connectivity index (χ4n) is 14.4. The van der Waals surface area contributed by atoms with Crippen LogP contribution >= 0.6 is 0 Å². The molecule has 0 N–H and O–H groups in total. The van der Waals surface area contributed by atoms with Crippen LogP contribution in [0, 0.1) is 0 Å². The first-order valence-corrected chi connectivity index (χ1v) is 37.9. The van der Waals surface area contributed by atoms with Crippen molar-refractivity contribution in [3.05, 3.63) is 491 Å². The number of hydrogen-bond acceptors (Lipinski definition) is 3. The first kappa shape index (κ1) is 70.7. The van der Waals surface area contributed by atoms with E-state index in [-0.39, 0.29) is 0 Å². The predicted molar refractivity (Wildman–Crippen MR) is 472 cm³/mol. The topological polar surface area (TPSA) is 9.72 Å². The van der Waals surface area contributed by atoms with Gasteiger partial charge in [-0.25, -0.2) is 0 Å². The Bertz CT molecular complexity index is 5590. The number of para-hydroxylation sites is 1. The third-order valence-electron chi connectivity index (χ3n) is 20.0. The van der Waals surface area contributed by atoms with Crippen molar-refractivity contribution in [2.45, 2.75) is 0 Å². The lowest BCUT2D eigenvalue weighted by molar-refractivity contribution is 1.28. The molecule has 0 spiro atoms. The second-order valence-corrected chi connectivity index (χ2v) is 27.2. The maximum absolute atomic E-state index is 2.35. The molecule has 3 heteroatoms. The van der Waals surface area contributed by atoms with Crippen molar-refractivity contribution in [2.75, 3.05) is 14.7 Å². The lowest BCUT2D eigenvalue weighted by Crippen LogP contribution is -2.11. The van der Waals surface area contributed by atoms with Crippen molar-refractivity contribution in [2.24, 2.45) is 0 Å². The zero-order valence-electron chi connectivity index (χ0n) is 61.6. The van der Waals surface area contributed by atoms with Gasteiger partial charge in [-0.1, -0.05) is 388 Å². The van der Waals surface area contributed by atoms with Crippen LogP contribution in [0.25, 0.3) is 100 Å². The van der Waals surface area contributed by atoms with Crippen molar-refractivity contribution in [1.29, 1.82) is 0 Å². The monoisotopic (exact) mass is 1420 g/mol. The van der Waals surface area contributed by atoms with Crippen LogP contribution in [0.4, 0.5) is 51.2 Å². The summed E-state index contributed by atoms with van der Waals surface area (Å²) in [5, 5.41) is 0. The highest BCUT2D eigenvalue weighted by Gasteiger charge is 2.20. The van der Waals surface area contributed by atoms with Crippen LogP contribution in [0.5, 0.6) is 0 Å². The van der Waals surface area contributed by atoms with Crippen molar-refractivity contribution in [3.8, 4) is 100 Å². The first-order chi connectivity index (χ1) is 55.1. The number of hydrogen-bond donors (Lipinski definition) is 0. The zero-order chi connectivity index (χ0) is 74.6. The molecule has 0 aliphatic heterocycles. The summed E-state index contributed by atoms with van der Waals surface area (Å²) in [6.07, 6.45) is 0. The van der Waals surface area contributed by atoms with E-state index in [0.717, 1.165) is 51.2 Å². The molecule has 0 amide bonds. The van der Waals surface area contributed by atoms with Crippen molar-refractivity contribution < 1.29 is 0 Å². The molecule has 0 aliphatic carbocycles. The number of rotatable bonds is 18. The first-order valence-electron chi connectivity index (χ1n) is 37.9. The number of anilines is 9. The Balaban J connectivity index is 0.000000126. The van der Waals surface area contributed by atoms with Gasteiger partial charge in [-0.15, -0.1) is 0 Å². The summed E-state index contributed by atoms with van der Waals surface area (Å²) < 4.78 is 0. The summed E-state index contributed by atoms with van der Waals surface area (Å²) in [5.74, 6) is 0. The van der Waals surface area contributed by atoms with E-state index in [4.69, 9.17) is 0 Å². The highest BCUT2D eigenvalue weighted by Crippen LogP contribution is 2.45. The minimum Gasteiger partial charge on any atom is -0.310 e. The normalized spacial score (nSPS) is 10.7. The molecule has 0 heterocycles. The average molecular weight is 1420 g/mol. The Morgan fingerprint density at radius 2 is 0.270 bits per heavy atom. The van der Waals surface area contributed by atoms with Gasteiger partial charge in [-0.2, -0.15) is 0 Å². The molecular formula is C108H81N3. The lowest BCUT2D eigenvalue weighted by Gasteiger charge is -2.28. The molecule has 0 aliphatic rings. The number of nitrogens with zero attached hydrogens (tertiary/aromatic N) is 3. The van der Waals surface area contributed by atoms with Gasteiger partial charge in [0, 0.05) is 51.1 Å². The van der Waals surface area contributed by atoms with Gasteiger partial charge in [0.25, 0.3) is 0 Å². The summed E-state index contributed by atoms with van der Waals surface area (Å²) in [6.45, 7) is 0. The summed E-state index contributed by atoms with van der Waals surface area (Å²) in [5.41, 5.74) is 31.8. The van der Waals surface area contributed by atoms with E-state index in [1.54, 1.807) is 0 Å². The van der Waals surface area contributed by atoms with Gasteiger partial charge < -0.3 is 14.7 Å². The van der Waals surface area contributed by atoms with Crippen molar-refractivity contribution in [3.63, 3.8) is 0 Å². The van der Waals surface area contributed by atoms with Crippen LogP contribution in [0.3, 0.4) is 0 Å². The van der Waals surface area contributed by atoms with Crippen LogP contribution in [0.15, 0.2) is 491 Å². The molecule has 18 aromatic rings. The molecule has 528 valence electrons. The van der Waals surface area contributed by atoms with Crippen LogP contribution in [-0.2, 0) is 0 Å². The van der Waals surface area contributed by atoms with E-state index in [2.05, 4.69) is 506 Å². The molecule has 18 aromatic carbocycles. The molecule has 3 nitrogen and oxygen atoms in total. The van der Waals surface area contributed by atoms with Gasteiger partial charge in [0.05, 0.1) is 5.69 Å². The second kappa shape index (κ2) is 34.7. The van der Waals surface area contributed by atoms with Crippen LogP contribution in [-0.4, -0.2) is 0 Å². The maximum atomic E-state index is 2.35. The van der Waals surface area contributed by atoms with Gasteiger partial charge in [-0.3, -0.25) is 0 Å². The molecule has 0 aromatic heterocycles. The highest BCUT2D eigenvalue weighted by atomic mass is 15.2. The van der Waals surface area contributed by atoms with E-state index in [0.29, 0.717) is 0 Å². The quantitative estimate of drug-likeness (QED) is 0.0848. The van der Waals surface area contributed by atoms with Crippen molar-refractivity contribution in [1.82, 2.24) is 0 Å². The molecule has 0 atom stereocenters. The molecule has 0 unspecified atom stereocenters. The van der Waals surface area contributed by atoms with Gasteiger partial charge >= 0.3 is 0 Å². The maximum Gasteiger partial charge on any atom is 0.0540 e. The van der Waals surface area contributed by atoms with Crippen molar-refractivity contribution >= 4 is 51.2 Å². The van der Waals surface area contributed by atoms with Gasteiger partial charge in [0.1, 0.15) is 0 Å². The second-order valence-electron chi connectivity index (χ2n) is 27.2. The minimum absolute atomic E-state index is 1.12. The molecule has 111 heavy (non-hydrogen) atoms. The van der Waals surface area contributed by atoms with Gasteiger partial charge in [-0.05, 0) is 198 Å². The summed E-state index contributed by atoms with van der Waals surface area (Å²) >= 11 is 0. The third kappa shape index (κ3) is 17.1. The largest absolute Gasteiger partial charge is 0.310 e. The van der Waals surface area contributed by atoms with E-state index < -0.39 is 0 Å². The van der Waals surface area contributed by atoms with E-state index in [1.807, 2.05) is 0 Å².